The molecule has 0 radical (unpaired) electrons. The molecule has 92 valence electrons. The fraction of sp³-hybridized carbons (Fsp3) is 0.500. The summed E-state index contributed by atoms with van der Waals surface area (Å²) in [6.07, 6.45) is 1.88. The quantitative estimate of drug-likeness (QED) is 0.863. The molecule has 0 saturated heterocycles. The number of benzene rings is 1. The monoisotopic (exact) mass is 233 g/mol. The molecular formula is C14H19NO2. The highest BCUT2D eigenvalue weighted by Crippen LogP contribution is 2.25. The standard InChI is InChI=1S/C14H19NO2/c1-10(2)14(16)15-7-5-11-3-4-13-12(9-11)6-8-17-13/h3-4,9-10H,5-8H2,1-2H3,(H,15,16). The van der Waals surface area contributed by atoms with Crippen LogP contribution < -0.4 is 10.1 Å². The summed E-state index contributed by atoms with van der Waals surface area (Å²) in [5.74, 6) is 1.19. The highest BCUT2D eigenvalue weighted by molar-refractivity contribution is 5.77. The average Bonchev–Trinajstić information content (AvgIpc) is 2.75. The molecule has 2 rings (SSSR count). The number of rotatable bonds is 4. The third-order valence-electron chi connectivity index (χ3n) is 2.99. The van der Waals surface area contributed by atoms with Crippen molar-refractivity contribution in [2.75, 3.05) is 13.2 Å². The molecule has 0 spiro atoms. The number of carbonyl (C=O) groups excluding carboxylic acids is 1. The molecular weight excluding hydrogens is 214 g/mol. The van der Waals surface area contributed by atoms with Gasteiger partial charge in [-0.05, 0) is 23.6 Å². The first kappa shape index (κ1) is 12.0. The van der Waals surface area contributed by atoms with Gasteiger partial charge < -0.3 is 10.1 Å². The van der Waals surface area contributed by atoms with Crippen LogP contribution in [0.25, 0.3) is 0 Å². The third kappa shape index (κ3) is 2.99. The van der Waals surface area contributed by atoms with Crippen LogP contribution in [-0.2, 0) is 17.6 Å². The van der Waals surface area contributed by atoms with Gasteiger partial charge in [-0.3, -0.25) is 4.79 Å². The van der Waals surface area contributed by atoms with Gasteiger partial charge in [-0.2, -0.15) is 0 Å². The molecule has 0 bridgehead atoms. The fourth-order valence-corrected chi connectivity index (χ4v) is 1.93. The van der Waals surface area contributed by atoms with E-state index in [9.17, 15) is 4.79 Å². The van der Waals surface area contributed by atoms with Crippen LogP contribution in [0.3, 0.4) is 0 Å². The van der Waals surface area contributed by atoms with Gasteiger partial charge in [-0.15, -0.1) is 0 Å². The Morgan fingerprint density at radius 2 is 2.29 bits per heavy atom. The van der Waals surface area contributed by atoms with Gasteiger partial charge in [0.15, 0.2) is 0 Å². The van der Waals surface area contributed by atoms with E-state index < -0.39 is 0 Å². The first-order chi connectivity index (χ1) is 8.16. The SMILES string of the molecule is CC(C)C(=O)NCCc1ccc2c(c1)CCO2. The first-order valence-corrected chi connectivity index (χ1v) is 6.19. The van der Waals surface area contributed by atoms with Gasteiger partial charge in [0.1, 0.15) is 5.75 Å². The number of nitrogens with one attached hydrogen (secondary N) is 1. The minimum atomic E-state index is 0.0587. The second kappa shape index (κ2) is 5.21. The Kier molecular flexibility index (Phi) is 3.67. The molecule has 1 amide bonds. The molecule has 0 atom stereocenters. The van der Waals surface area contributed by atoms with Crippen molar-refractivity contribution < 1.29 is 9.53 Å². The van der Waals surface area contributed by atoms with E-state index >= 15 is 0 Å². The predicted octanol–water partition coefficient (Wildman–Crippen LogP) is 1.94. The number of hydrogen-bond donors (Lipinski definition) is 1. The van der Waals surface area contributed by atoms with Gasteiger partial charge in [0.05, 0.1) is 6.61 Å². The molecule has 1 heterocycles. The van der Waals surface area contributed by atoms with E-state index in [4.69, 9.17) is 4.74 Å². The van der Waals surface area contributed by atoms with E-state index in [1.54, 1.807) is 0 Å². The summed E-state index contributed by atoms with van der Waals surface area (Å²) in [6, 6.07) is 6.29. The molecule has 1 aromatic rings. The van der Waals surface area contributed by atoms with Crippen molar-refractivity contribution in [2.45, 2.75) is 26.7 Å². The van der Waals surface area contributed by atoms with Crippen molar-refractivity contribution in [2.24, 2.45) is 5.92 Å². The number of ether oxygens (including phenoxy) is 1. The topological polar surface area (TPSA) is 38.3 Å². The summed E-state index contributed by atoms with van der Waals surface area (Å²) in [5.41, 5.74) is 2.55. The van der Waals surface area contributed by atoms with Crippen LogP contribution >= 0.6 is 0 Å². The fourth-order valence-electron chi connectivity index (χ4n) is 1.93. The molecule has 17 heavy (non-hydrogen) atoms. The highest BCUT2D eigenvalue weighted by Gasteiger charge is 2.12. The van der Waals surface area contributed by atoms with Crippen molar-refractivity contribution in [1.29, 1.82) is 0 Å². The third-order valence-corrected chi connectivity index (χ3v) is 2.99. The van der Waals surface area contributed by atoms with Crippen LogP contribution in [0.4, 0.5) is 0 Å². The molecule has 1 N–H and O–H groups in total. The lowest BCUT2D eigenvalue weighted by atomic mass is 10.1. The average molecular weight is 233 g/mol. The Morgan fingerprint density at radius 1 is 1.47 bits per heavy atom. The summed E-state index contributed by atoms with van der Waals surface area (Å²) in [7, 11) is 0. The summed E-state index contributed by atoms with van der Waals surface area (Å²) < 4.78 is 5.46. The molecule has 1 aliphatic heterocycles. The van der Waals surface area contributed by atoms with Crippen LogP contribution in [0.2, 0.25) is 0 Å². The number of amides is 1. The van der Waals surface area contributed by atoms with Gasteiger partial charge in [-0.25, -0.2) is 0 Å². The number of fused-ring (bicyclic) bond motifs is 1. The summed E-state index contributed by atoms with van der Waals surface area (Å²) in [4.78, 5) is 11.4. The van der Waals surface area contributed by atoms with Gasteiger partial charge >= 0.3 is 0 Å². The largest absolute Gasteiger partial charge is 0.493 e. The molecule has 0 fully saturated rings. The Morgan fingerprint density at radius 3 is 3.06 bits per heavy atom. The van der Waals surface area contributed by atoms with Crippen LogP contribution in [-0.4, -0.2) is 19.1 Å². The second-order valence-electron chi connectivity index (χ2n) is 4.74. The minimum Gasteiger partial charge on any atom is -0.493 e. The molecule has 1 aromatic carbocycles. The summed E-state index contributed by atoms with van der Waals surface area (Å²) in [6.45, 7) is 5.31. The normalized spacial score (nSPS) is 13.4. The van der Waals surface area contributed by atoms with Crippen LogP contribution in [0, 0.1) is 5.92 Å². The van der Waals surface area contributed by atoms with E-state index in [0.29, 0.717) is 6.54 Å². The van der Waals surface area contributed by atoms with Crippen molar-refractivity contribution in [1.82, 2.24) is 5.32 Å². The van der Waals surface area contributed by atoms with Crippen LogP contribution in [0.5, 0.6) is 5.75 Å². The van der Waals surface area contributed by atoms with Gasteiger partial charge in [0.2, 0.25) is 5.91 Å². The van der Waals surface area contributed by atoms with Gasteiger partial charge in [0.25, 0.3) is 0 Å². The summed E-state index contributed by atoms with van der Waals surface area (Å²) in [5, 5.41) is 2.93. The smallest absolute Gasteiger partial charge is 0.222 e. The molecule has 0 aliphatic carbocycles. The van der Waals surface area contributed by atoms with E-state index in [0.717, 1.165) is 25.2 Å². The zero-order chi connectivity index (χ0) is 12.3. The molecule has 3 nitrogen and oxygen atoms in total. The maximum absolute atomic E-state index is 11.4. The van der Waals surface area contributed by atoms with Crippen molar-refractivity contribution in [3.05, 3.63) is 29.3 Å². The second-order valence-corrected chi connectivity index (χ2v) is 4.74. The van der Waals surface area contributed by atoms with Crippen molar-refractivity contribution >= 4 is 5.91 Å². The Labute approximate surface area is 102 Å². The lowest BCUT2D eigenvalue weighted by Gasteiger charge is -2.08. The Balaban J connectivity index is 1.85. The van der Waals surface area contributed by atoms with Crippen molar-refractivity contribution in [3.8, 4) is 5.75 Å². The Hall–Kier alpha value is -1.51. The number of carbonyl (C=O) groups is 1. The van der Waals surface area contributed by atoms with E-state index in [1.165, 1.54) is 11.1 Å². The summed E-state index contributed by atoms with van der Waals surface area (Å²) >= 11 is 0. The maximum Gasteiger partial charge on any atom is 0.222 e. The highest BCUT2D eigenvalue weighted by atomic mass is 16.5. The first-order valence-electron chi connectivity index (χ1n) is 6.19. The van der Waals surface area contributed by atoms with E-state index in [2.05, 4.69) is 17.4 Å². The zero-order valence-electron chi connectivity index (χ0n) is 10.5. The van der Waals surface area contributed by atoms with Crippen LogP contribution in [0.1, 0.15) is 25.0 Å². The minimum absolute atomic E-state index is 0.0587. The van der Waals surface area contributed by atoms with E-state index in [-0.39, 0.29) is 11.8 Å². The molecule has 3 heteroatoms. The van der Waals surface area contributed by atoms with Gasteiger partial charge in [-0.1, -0.05) is 26.0 Å². The Bertz CT molecular complexity index is 413. The predicted molar refractivity (Wildman–Crippen MR) is 67.2 cm³/mol. The molecule has 0 aromatic heterocycles. The van der Waals surface area contributed by atoms with Gasteiger partial charge in [0, 0.05) is 18.9 Å². The van der Waals surface area contributed by atoms with Crippen LogP contribution in [0.15, 0.2) is 18.2 Å². The lowest BCUT2D eigenvalue weighted by Crippen LogP contribution is -2.29. The van der Waals surface area contributed by atoms with E-state index in [1.807, 2.05) is 19.9 Å². The molecule has 1 aliphatic rings. The maximum atomic E-state index is 11.4. The molecule has 0 saturated carbocycles. The lowest BCUT2D eigenvalue weighted by molar-refractivity contribution is -0.123. The van der Waals surface area contributed by atoms with Crippen molar-refractivity contribution in [3.63, 3.8) is 0 Å². The molecule has 0 unspecified atom stereocenters. The zero-order valence-corrected chi connectivity index (χ0v) is 10.5. The number of hydrogen-bond acceptors (Lipinski definition) is 2.